The maximum Gasteiger partial charge on any atom is 0.513 e. The largest absolute Gasteiger partial charge is 0.513 e. The maximum absolute atomic E-state index is 12.2. The Morgan fingerprint density at radius 1 is 0.781 bits per heavy atom. The smallest absolute Gasteiger partial charge is 0.465 e. The first-order valence-electron chi connectivity index (χ1n) is 9.93. The molecule has 0 saturated heterocycles. The van der Waals surface area contributed by atoms with Crippen LogP contribution >= 0.6 is 0 Å². The molecule has 0 aromatic heterocycles. The van der Waals surface area contributed by atoms with Crippen LogP contribution in [-0.4, -0.2) is 37.6 Å². The molecule has 32 heavy (non-hydrogen) atoms. The highest BCUT2D eigenvalue weighted by molar-refractivity contribution is 5.92. The molecule has 0 heterocycles. The molecule has 168 valence electrons. The van der Waals surface area contributed by atoms with Crippen LogP contribution in [0, 0.1) is 0 Å². The van der Waals surface area contributed by atoms with E-state index in [9.17, 15) is 19.2 Å². The number of ether oxygens (including phenoxy) is 4. The van der Waals surface area contributed by atoms with Crippen molar-refractivity contribution in [3.8, 4) is 11.5 Å². The number of hydrogen-bond donors (Lipinski definition) is 0. The van der Waals surface area contributed by atoms with Crippen molar-refractivity contribution in [3.05, 3.63) is 72.3 Å². The second-order valence-corrected chi connectivity index (χ2v) is 6.61. The Bertz CT molecular complexity index is 945. The number of unbranched alkanes of at least 4 members (excludes halogenated alkanes) is 2. The Labute approximate surface area is 185 Å². The molecule has 2 rings (SSSR count). The molecule has 0 bridgehead atoms. The number of allylic oxidation sites excluding steroid dienone is 1. The van der Waals surface area contributed by atoms with E-state index in [0.29, 0.717) is 24.8 Å². The number of carbonyl (C=O) groups excluding carboxylic acids is 4. The zero-order valence-electron chi connectivity index (χ0n) is 17.7. The number of carbonyl (C=O) groups is 4. The van der Waals surface area contributed by atoms with Crippen LogP contribution in [0.5, 0.6) is 11.5 Å². The van der Waals surface area contributed by atoms with Crippen molar-refractivity contribution in [2.75, 3.05) is 13.7 Å². The van der Waals surface area contributed by atoms with Gasteiger partial charge in [0.2, 0.25) is 0 Å². The standard InChI is InChI=1S/C24H24O8/c1-3-19(25)7-5-4-6-16-30-24(28)32-21-14-10-18(11-15-21)23(27)31-20-12-8-17(9-13-20)22(26)29-2/h3,8-15H,1,4-7,16H2,2H3. The number of methoxy groups -OCH3 is 1. The van der Waals surface area contributed by atoms with Gasteiger partial charge in [-0.05, 0) is 73.9 Å². The van der Waals surface area contributed by atoms with Gasteiger partial charge in [-0.15, -0.1) is 0 Å². The summed E-state index contributed by atoms with van der Waals surface area (Å²) in [6.45, 7) is 3.59. The van der Waals surface area contributed by atoms with Crippen molar-refractivity contribution in [1.29, 1.82) is 0 Å². The molecule has 0 aliphatic rings. The number of ketones is 1. The molecule has 0 radical (unpaired) electrons. The number of benzene rings is 2. The van der Waals surface area contributed by atoms with Gasteiger partial charge in [0.25, 0.3) is 0 Å². The van der Waals surface area contributed by atoms with Crippen LogP contribution < -0.4 is 9.47 Å². The SMILES string of the molecule is C=CC(=O)CCCCCOC(=O)Oc1ccc(C(=O)Oc2ccc(C(=O)OC)cc2)cc1. The summed E-state index contributed by atoms with van der Waals surface area (Å²) in [5.41, 5.74) is 0.584. The van der Waals surface area contributed by atoms with Gasteiger partial charge >= 0.3 is 18.1 Å². The monoisotopic (exact) mass is 440 g/mol. The Hall–Kier alpha value is -3.94. The van der Waals surface area contributed by atoms with E-state index in [-0.39, 0.29) is 29.5 Å². The van der Waals surface area contributed by atoms with Crippen LogP contribution in [0.3, 0.4) is 0 Å². The van der Waals surface area contributed by atoms with Gasteiger partial charge in [0.05, 0.1) is 24.8 Å². The third-order valence-corrected chi connectivity index (χ3v) is 4.29. The Morgan fingerprint density at radius 3 is 1.91 bits per heavy atom. The summed E-state index contributed by atoms with van der Waals surface area (Å²) in [7, 11) is 1.28. The molecule has 0 spiro atoms. The summed E-state index contributed by atoms with van der Waals surface area (Å²) in [6.07, 6.45) is 2.94. The van der Waals surface area contributed by atoms with Crippen LogP contribution in [0.25, 0.3) is 0 Å². The Kier molecular flexibility index (Phi) is 9.65. The highest BCUT2D eigenvalue weighted by Gasteiger charge is 2.12. The van der Waals surface area contributed by atoms with E-state index in [1.807, 2.05) is 0 Å². The molecule has 0 aliphatic heterocycles. The molecule has 0 amide bonds. The summed E-state index contributed by atoms with van der Waals surface area (Å²) < 4.78 is 19.9. The predicted octanol–water partition coefficient (Wildman–Crippen LogP) is 4.52. The van der Waals surface area contributed by atoms with Gasteiger partial charge in [-0.2, -0.15) is 0 Å². The van der Waals surface area contributed by atoms with E-state index in [0.717, 1.165) is 6.42 Å². The molecule has 0 N–H and O–H groups in total. The zero-order valence-corrected chi connectivity index (χ0v) is 17.7. The molecule has 0 aliphatic carbocycles. The lowest BCUT2D eigenvalue weighted by atomic mass is 10.1. The van der Waals surface area contributed by atoms with Gasteiger partial charge in [-0.3, -0.25) is 4.79 Å². The van der Waals surface area contributed by atoms with Crippen LogP contribution in [0.1, 0.15) is 46.4 Å². The second kappa shape index (κ2) is 12.7. The van der Waals surface area contributed by atoms with Crippen molar-refractivity contribution < 1.29 is 38.1 Å². The van der Waals surface area contributed by atoms with Crippen LogP contribution in [-0.2, 0) is 14.3 Å². The van der Waals surface area contributed by atoms with Crippen LogP contribution in [0.15, 0.2) is 61.2 Å². The quantitative estimate of drug-likeness (QED) is 0.165. The molecular formula is C24H24O8. The molecule has 2 aromatic rings. The highest BCUT2D eigenvalue weighted by atomic mass is 16.7. The highest BCUT2D eigenvalue weighted by Crippen LogP contribution is 2.17. The molecule has 0 fully saturated rings. The lowest BCUT2D eigenvalue weighted by Crippen LogP contribution is -2.12. The van der Waals surface area contributed by atoms with Crippen LogP contribution in [0.2, 0.25) is 0 Å². The average molecular weight is 440 g/mol. The van der Waals surface area contributed by atoms with Crippen molar-refractivity contribution in [2.24, 2.45) is 0 Å². The fourth-order valence-electron chi connectivity index (χ4n) is 2.56. The van der Waals surface area contributed by atoms with Crippen molar-refractivity contribution in [2.45, 2.75) is 25.7 Å². The van der Waals surface area contributed by atoms with Crippen molar-refractivity contribution in [3.63, 3.8) is 0 Å². The van der Waals surface area contributed by atoms with Crippen molar-refractivity contribution >= 4 is 23.9 Å². The van der Waals surface area contributed by atoms with E-state index in [4.69, 9.17) is 14.2 Å². The molecular weight excluding hydrogens is 416 g/mol. The van der Waals surface area contributed by atoms with E-state index in [2.05, 4.69) is 11.3 Å². The van der Waals surface area contributed by atoms with E-state index in [1.165, 1.54) is 61.7 Å². The van der Waals surface area contributed by atoms with Gasteiger partial charge in [-0.25, -0.2) is 14.4 Å². The molecule has 0 unspecified atom stereocenters. The van der Waals surface area contributed by atoms with E-state index in [1.54, 1.807) is 0 Å². The summed E-state index contributed by atoms with van der Waals surface area (Å²) in [4.78, 5) is 46.5. The van der Waals surface area contributed by atoms with Gasteiger partial charge in [0.15, 0.2) is 5.78 Å². The lowest BCUT2D eigenvalue weighted by Gasteiger charge is -2.07. The first-order valence-corrected chi connectivity index (χ1v) is 9.93. The van der Waals surface area contributed by atoms with Gasteiger partial charge in [0.1, 0.15) is 11.5 Å². The Balaban J connectivity index is 1.75. The molecule has 8 nitrogen and oxygen atoms in total. The summed E-state index contributed by atoms with van der Waals surface area (Å²) in [5, 5.41) is 0. The summed E-state index contributed by atoms with van der Waals surface area (Å²) >= 11 is 0. The average Bonchev–Trinajstić information content (AvgIpc) is 2.81. The van der Waals surface area contributed by atoms with E-state index < -0.39 is 18.1 Å². The third-order valence-electron chi connectivity index (χ3n) is 4.29. The molecule has 0 atom stereocenters. The molecule has 8 heteroatoms. The topological polar surface area (TPSA) is 105 Å². The van der Waals surface area contributed by atoms with Gasteiger partial charge in [0, 0.05) is 6.42 Å². The fraction of sp³-hybridized carbons (Fsp3) is 0.250. The lowest BCUT2D eigenvalue weighted by molar-refractivity contribution is -0.114. The minimum Gasteiger partial charge on any atom is -0.465 e. The zero-order chi connectivity index (χ0) is 23.3. The second-order valence-electron chi connectivity index (χ2n) is 6.61. The normalized spacial score (nSPS) is 10.0. The van der Waals surface area contributed by atoms with Crippen molar-refractivity contribution in [1.82, 2.24) is 0 Å². The minimum absolute atomic E-state index is 0.00544. The van der Waals surface area contributed by atoms with E-state index >= 15 is 0 Å². The summed E-state index contributed by atoms with van der Waals surface area (Å²) in [5.74, 6) is -0.628. The maximum atomic E-state index is 12.2. The Morgan fingerprint density at radius 2 is 1.34 bits per heavy atom. The summed E-state index contributed by atoms with van der Waals surface area (Å²) in [6, 6.07) is 11.7. The first-order chi connectivity index (χ1) is 15.4. The first kappa shape index (κ1) is 24.3. The van der Waals surface area contributed by atoms with Gasteiger partial charge in [-0.1, -0.05) is 6.58 Å². The fourth-order valence-corrected chi connectivity index (χ4v) is 2.56. The predicted molar refractivity (Wildman–Crippen MR) is 115 cm³/mol. The minimum atomic E-state index is -0.854. The molecule has 0 saturated carbocycles. The molecule has 2 aromatic carbocycles. The van der Waals surface area contributed by atoms with Gasteiger partial charge < -0.3 is 18.9 Å². The number of rotatable bonds is 11. The van der Waals surface area contributed by atoms with Crippen LogP contribution in [0.4, 0.5) is 4.79 Å². The number of hydrogen-bond acceptors (Lipinski definition) is 8. The number of esters is 2. The third kappa shape index (κ3) is 8.06.